The molecule has 0 aromatic heterocycles. The van der Waals surface area contributed by atoms with E-state index in [1.807, 2.05) is 13.2 Å². The smallest absolute Gasteiger partial charge is 0.416 e. The molecule has 9 heteroatoms. The fourth-order valence-electron chi connectivity index (χ4n) is 2.26. The van der Waals surface area contributed by atoms with E-state index in [0.717, 1.165) is 29.2 Å². The van der Waals surface area contributed by atoms with E-state index in [-0.39, 0.29) is 15.9 Å². The van der Waals surface area contributed by atoms with E-state index < -0.39 is 17.8 Å². The van der Waals surface area contributed by atoms with Crippen LogP contribution >= 0.6 is 35.1 Å². The second-order valence-corrected chi connectivity index (χ2v) is 8.34. The van der Waals surface area contributed by atoms with Crippen molar-refractivity contribution in [2.75, 3.05) is 12.0 Å². The number of thioether (sulfide) groups is 2. The molecule has 2 aromatic rings. The predicted molar refractivity (Wildman–Crippen MR) is 113 cm³/mol. The van der Waals surface area contributed by atoms with Crippen LogP contribution in [0.5, 0.6) is 17.2 Å². The lowest BCUT2D eigenvalue weighted by Gasteiger charge is -2.17. The molecular formula is C20H20ClF3O3S2. The number of carbonyl (C=O) groups excluding carboxylic acids is 1. The highest BCUT2D eigenvalue weighted by Gasteiger charge is 2.31. The minimum Gasteiger partial charge on any atom is -0.481 e. The van der Waals surface area contributed by atoms with Crippen LogP contribution in [0.4, 0.5) is 13.2 Å². The lowest BCUT2D eigenvalue weighted by Crippen LogP contribution is -2.21. The average molecular weight is 465 g/mol. The summed E-state index contributed by atoms with van der Waals surface area (Å²) in [6.45, 7) is 3.67. The first-order chi connectivity index (χ1) is 13.7. The van der Waals surface area contributed by atoms with Crippen molar-refractivity contribution in [1.82, 2.24) is 0 Å². The van der Waals surface area contributed by atoms with Gasteiger partial charge in [-0.3, -0.25) is 4.79 Å². The monoisotopic (exact) mass is 464 g/mol. The third-order valence-corrected chi connectivity index (χ3v) is 6.01. The summed E-state index contributed by atoms with van der Waals surface area (Å²) in [6, 6.07) is 7.89. The van der Waals surface area contributed by atoms with Gasteiger partial charge in [0, 0.05) is 16.7 Å². The molecule has 1 atom stereocenters. The Bertz CT molecular complexity index is 859. The highest BCUT2D eigenvalue weighted by molar-refractivity contribution is 8.13. The molecule has 0 bridgehead atoms. The summed E-state index contributed by atoms with van der Waals surface area (Å²) in [7, 11) is 0. The molecule has 0 amide bonds. The Kier molecular flexibility index (Phi) is 8.60. The molecule has 3 nitrogen and oxygen atoms in total. The minimum atomic E-state index is -4.48. The number of rotatable bonds is 8. The van der Waals surface area contributed by atoms with Crippen molar-refractivity contribution in [3.8, 4) is 17.2 Å². The van der Waals surface area contributed by atoms with Crippen LogP contribution in [0.3, 0.4) is 0 Å². The van der Waals surface area contributed by atoms with Crippen LogP contribution in [-0.2, 0) is 11.0 Å². The molecule has 0 saturated carbocycles. The van der Waals surface area contributed by atoms with Crippen LogP contribution in [-0.4, -0.2) is 23.2 Å². The van der Waals surface area contributed by atoms with Crippen LogP contribution in [0.15, 0.2) is 41.3 Å². The van der Waals surface area contributed by atoms with Crippen LogP contribution in [0.1, 0.15) is 25.8 Å². The fourth-order valence-corrected chi connectivity index (χ4v) is 3.68. The van der Waals surface area contributed by atoms with E-state index in [4.69, 9.17) is 21.1 Å². The molecular weight excluding hydrogens is 445 g/mol. The van der Waals surface area contributed by atoms with Gasteiger partial charge in [-0.05, 0) is 49.9 Å². The third kappa shape index (κ3) is 6.76. The standard InChI is InChI=1S/C20H20ClF3O3S2/c1-4-9-29-19(25)12(2)26-17-11-14(6-8-18(17)28-3)27-16-7-5-13(10-15(16)21)20(22,23)24/h5-8,10-12H,4,9H2,1-3H3. The molecule has 158 valence electrons. The zero-order valence-electron chi connectivity index (χ0n) is 16.0. The second kappa shape index (κ2) is 10.5. The first-order valence-electron chi connectivity index (χ1n) is 8.71. The van der Waals surface area contributed by atoms with Crippen molar-refractivity contribution in [2.45, 2.75) is 37.4 Å². The summed E-state index contributed by atoms with van der Waals surface area (Å²) < 4.78 is 49.8. The molecule has 0 spiro atoms. The quantitative estimate of drug-likeness (QED) is 0.383. The van der Waals surface area contributed by atoms with Crippen molar-refractivity contribution in [1.29, 1.82) is 0 Å². The van der Waals surface area contributed by atoms with E-state index >= 15 is 0 Å². The van der Waals surface area contributed by atoms with Gasteiger partial charge in [0.15, 0.2) is 6.10 Å². The number of alkyl halides is 3. The summed E-state index contributed by atoms with van der Waals surface area (Å²) in [5, 5.41) is -0.230. The average Bonchev–Trinajstić information content (AvgIpc) is 2.67. The van der Waals surface area contributed by atoms with Crippen molar-refractivity contribution in [3.05, 3.63) is 47.0 Å². The number of hydrogen-bond donors (Lipinski definition) is 0. The van der Waals surface area contributed by atoms with Gasteiger partial charge in [0.2, 0.25) is 5.12 Å². The van der Waals surface area contributed by atoms with Crippen LogP contribution in [0.25, 0.3) is 0 Å². The first kappa shape index (κ1) is 23.8. The zero-order chi connectivity index (χ0) is 21.6. The maximum Gasteiger partial charge on any atom is 0.416 e. The van der Waals surface area contributed by atoms with Gasteiger partial charge in [0.05, 0.1) is 10.6 Å². The van der Waals surface area contributed by atoms with Gasteiger partial charge in [-0.2, -0.15) is 13.2 Å². The normalized spacial score (nSPS) is 12.5. The van der Waals surface area contributed by atoms with Gasteiger partial charge >= 0.3 is 6.18 Å². The topological polar surface area (TPSA) is 35.5 Å². The Labute approximate surface area is 181 Å². The van der Waals surface area contributed by atoms with E-state index in [0.29, 0.717) is 11.5 Å². The molecule has 0 saturated heterocycles. The number of halogens is 4. The molecule has 1 unspecified atom stereocenters. The van der Waals surface area contributed by atoms with Gasteiger partial charge in [-0.15, -0.1) is 11.8 Å². The number of ether oxygens (including phenoxy) is 2. The maximum atomic E-state index is 12.8. The number of benzene rings is 2. The summed E-state index contributed by atoms with van der Waals surface area (Å²) in [6.07, 6.45) is -2.38. The maximum absolute atomic E-state index is 12.8. The molecule has 0 radical (unpaired) electrons. The first-order valence-corrected chi connectivity index (χ1v) is 11.3. The van der Waals surface area contributed by atoms with E-state index in [9.17, 15) is 18.0 Å². The number of hydrogen-bond acceptors (Lipinski definition) is 5. The van der Waals surface area contributed by atoms with E-state index in [2.05, 4.69) is 0 Å². The molecule has 0 aliphatic carbocycles. The second-order valence-electron chi connectivity index (χ2n) is 5.99. The summed E-state index contributed by atoms with van der Waals surface area (Å²) in [5.41, 5.74) is -0.853. The van der Waals surface area contributed by atoms with Crippen molar-refractivity contribution in [3.63, 3.8) is 0 Å². The molecule has 0 aliphatic heterocycles. The van der Waals surface area contributed by atoms with Gasteiger partial charge in [-0.1, -0.05) is 30.3 Å². The third-order valence-electron chi connectivity index (χ3n) is 3.71. The summed E-state index contributed by atoms with van der Waals surface area (Å²) in [5.74, 6) is 1.60. The molecule has 29 heavy (non-hydrogen) atoms. The molecule has 0 heterocycles. The van der Waals surface area contributed by atoms with Gasteiger partial charge < -0.3 is 9.47 Å². The molecule has 0 N–H and O–H groups in total. The Hall–Kier alpha value is -1.51. The molecule has 0 aliphatic rings. The number of carbonyl (C=O) groups is 1. The van der Waals surface area contributed by atoms with Gasteiger partial charge in [0.25, 0.3) is 0 Å². The highest BCUT2D eigenvalue weighted by atomic mass is 35.5. The van der Waals surface area contributed by atoms with Crippen molar-refractivity contribution in [2.24, 2.45) is 0 Å². The molecule has 2 aromatic carbocycles. The SMILES string of the molecule is CCCSC(=O)C(C)Oc1cc(Oc2ccc(C(F)(F)F)cc2Cl)ccc1SC. The fraction of sp³-hybridized carbons (Fsp3) is 0.350. The highest BCUT2D eigenvalue weighted by Crippen LogP contribution is 2.38. The largest absolute Gasteiger partial charge is 0.481 e. The van der Waals surface area contributed by atoms with E-state index in [1.165, 1.54) is 29.6 Å². The van der Waals surface area contributed by atoms with Crippen LogP contribution < -0.4 is 9.47 Å². The molecule has 0 fully saturated rings. The lowest BCUT2D eigenvalue weighted by atomic mass is 10.2. The Morgan fingerprint density at radius 3 is 2.48 bits per heavy atom. The van der Waals surface area contributed by atoms with E-state index in [1.54, 1.807) is 25.1 Å². The summed E-state index contributed by atoms with van der Waals surface area (Å²) >= 11 is 8.61. The molecule has 2 rings (SSSR count). The summed E-state index contributed by atoms with van der Waals surface area (Å²) in [4.78, 5) is 12.9. The Morgan fingerprint density at radius 2 is 1.90 bits per heavy atom. The minimum absolute atomic E-state index is 0.0731. The Balaban J connectivity index is 2.21. The van der Waals surface area contributed by atoms with Crippen molar-refractivity contribution >= 4 is 40.2 Å². The predicted octanol–water partition coefficient (Wildman–Crippen LogP) is 7.31. The lowest BCUT2D eigenvalue weighted by molar-refractivity contribution is -0.137. The van der Waals surface area contributed by atoms with Crippen LogP contribution in [0, 0.1) is 0 Å². The van der Waals surface area contributed by atoms with Gasteiger partial charge in [-0.25, -0.2) is 0 Å². The Morgan fingerprint density at radius 1 is 1.17 bits per heavy atom. The zero-order valence-corrected chi connectivity index (χ0v) is 18.4. The van der Waals surface area contributed by atoms with Crippen LogP contribution in [0.2, 0.25) is 5.02 Å². The van der Waals surface area contributed by atoms with Crippen molar-refractivity contribution < 1.29 is 27.4 Å². The van der Waals surface area contributed by atoms with Gasteiger partial charge in [0.1, 0.15) is 17.2 Å².